The van der Waals surface area contributed by atoms with Crippen molar-refractivity contribution in [3.63, 3.8) is 0 Å². The predicted molar refractivity (Wildman–Crippen MR) is 315 cm³/mol. The van der Waals surface area contributed by atoms with Crippen molar-refractivity contribution in [2.24, 2.45) is 0 Å². The second-order valence-electron chi connectivity index (χ2n) is 23.6. The molecule has 4 nitrogen and oxygen atoms in total. The molecule has 1 aliphatic carbocycles. The molecule has 70 heavy (non-hydrogen) atoms. The van der Waals surface area contributed by atoms with Gasteiger partial charge in [0.15, 0.2) is 0 Å². The predicted octanol–water partition coefficient (Wildman–Crippen LogP) is 10.1. The van der Waals surface area contributed by atoms with Crippen LogP contribution in [0.25, 0.3) is 0 Å². The molecule has 1 fully saturated rings. The van der Waals surface area contributed by atoms with Crippen molar-refractivity contribution in [2.45, 2.75) is 157 Å². The molecule has 0 amide bonds. The normalized spacial score (nSPS) is 12.0. The minimum absolute atomic E-state index is 0. The van der Waals surface area contributed by atoms with Gasteiger partial charge in [-0.15, -0.1) is 10.2 Å². The van der Waals surface area contributed by atoms with Crippen LogP contribution in [0.1, 0.15) is 0 Å². The van der Waals surface area contributed by atoms with Crippen LogP contribution in [0.5, 0.6) is 0 Å². The van der Waals surface area contributed by atoms with Crippen LogP contribution in [-0.4, -0.2) is 64.6 Å². The maximum atomic E-state index is 8.49. The Kier molecular flexibility index (Phi) is 58.3. The van der Waals surface area contributed by atoms with Crippen molar-refractivity contribution in [3.05, 3.63) is 130 Å². The maximum absolute atomic E-state index is 8.49. The Morgan fingerprint density at radius 3 is 0.843 bits per heavy atom. The summed E-state index contributed by atoms with van der Waals surface area (Å²) in [6.45, 7) is 53.4. The molecule has 4 rings (SSSR count). The van der Waals surface area contributed by atoms with Gasteiger partial charge in [-0.25, -0.2) is 54.2 Å². The minimum atomic E-state index is -4.94. The van der Waals surface area contributed by atoms with Crippen molar-refractivity contribution in [1.29, 1.82) is 0 Å². The second-order valence-corrected chi connectivity index (χ2v) is 63.6. The molecule has 0 atom stereocenters. The summed E-state index contributed by atoms with van der Waals surface area (Å²) in [5.74, 6) is 0. The molecular weight excluding hydrogens is 1390 g/mol. The largest absolute Gasteiger partial charge is 4.00 e. The third kappa shape index (κ3) is 76.3. The summed E-state index contributed by atoms with van der Waals surface area (Å²) in [6.07, 6.45) is 35.4. The van der Waals surface area contributed by atoms with E-state index in [4.69, 9.17) is 44.3 Å². The Morgan fingerprint density at radius 1 is 0.486 bits per heavy atom. The summed E-state index contributed by atoms with van der Waals surface area (Å²) in [7, 11) is -13.7. The van der Waals surface area contributed by atoms with Crippen LogP contribution in [0.15, 0.2) is 72.8 Å². The summed E-state index contributed by atoms with van der Waals surface area (Å²) in [4.78, 5) is 0. The van der Waals surface area contributed by atoms with E-state index in [2.05, 4.69) is 295 Å². The fourth-order valence-electron chi connectivity index (χ4n) is 3.50. The van der Waals surface area contributed by atoms with Gasteiger partial charge in [0, 0.05) is 16.1 Å². The molecule has 0 heterocycles. The van der Waals surface area contributed by atoms with Gasteiger partial charge < -0.3 is 54.3 Å². The molecule has 4 radical (unpaired) electrons. The number of hydrogen-bond acceptors (Lipinski definition) is 4. The van der Waals surface area contributed by atoms with Crippen molar-refractivity contribution >= 4 is 99.2 Å². The van der Waals surface area contributed by atoms with Crippen molar-refractivity contribution in [1.82, 2.24) is 0 Å². The number of halogens is 2. The van der Waals surface area contributed by atoms with E-state index in [1.807, 2.05) is 19.0 Å². The first-order valence-electron chi connectivity index (χ1n) is 22.0. The van der Waals surface area contributed by atoms with Gasteiger partial charge in [-0.2, -0.15) is 64.8 Å². The molecule has 0 saturated heterocycles. The summed E-state index contributed by atoms with van der Waals surface area (Å²) in [5.41, 5.74) is 11.5. The van der Waals surface area contributed by atoms with Gasteiger partial charge in [0.05, 0.1) is 48.4 Å². The molecule has 0 spiro atoms. The third-order valence-corrected chi connectivity index (χ3v) is 18.9. The zero-order valence-corrected chi connectivity index (χ0v) is 64.2. The summed E-state index contributed by atoms with van der Waals surface area (Å²) < 4.78 is 34.0. The standard InChI is InChI=1S/4C8H13Si.4C5H9Si.2Ag.ClHO4.HI.2Ti/c4*1-9(2,3)8-6-4-5-7-8;4*1-5-6(2,3)4;;;2-1(3,4)5;;;/h4*4-7H,1-3H3;4*2-4H3;;;(H,2,3,4,5);1H;;/q8*-1;2*+1;;;2*+4/p-2. The fraction of sp³-hybridized carbons (Fsp3) is 0.462. The van der Waals surface area contributed by atoms with Crippen molar-refractivity contribution in [3.8, 4) is 22.2 Å². The van der Waals surface area contributed by atoms with E-state index >= 15 is 0 Å². The van der Waals surface area contributed by atoms with E-state index < -0.39 is 74.8 Å². The van der Waals surface area contributed by atoms with Crippen molar-refractivity contribution < 1.29 is 112 Å². The van der Waals surface area contributed by atoms with Crippen LogP contribution >= 0.6 is 19.0 Å². The summed E-state index contributed by atoms with van der Waals surface area (Å²) in [5, 5.41) is 4.67. The number of rotatable bonds is 4. The fourth-order valence-corrected chi connectivity index (χ4v) is 8.27. The van der Waals surface area contributed by atoms with Crippen LogP contribution < -0.4 is 34.2 Å². The molecule has 0 bridgehead atoms. The SMILES string of the molecule is C[Si](C)(C)[C]1[CH][CH][CH][CH-]1.C[Si](C)(C)c1cc[cH-]c1.C[Si](C)(C)c1ccc[cH-]1.C[Si](C)(C)c1ccc[cH-]1.[Ag+].[Ag][I].[C-]#C[Si](C)(C)C.[C-]#C[Si](C)(C)C.[C-]#C[Si](C)(C)C.[C-]#C[Si](C)(C)C.[O-][Cl+3]([O-])([O-])[O-].[Ti+4].[Ti+4]. The van der Waals surface area contributed by atoms with Crippen LogP contribution in [0, 0.1) is 89.3 Å². The molecule has 0 N–H and O–H groups in total. The Bertz CT molecular complexity index is 1570. The van der Waals surface area contributed by atoms with Crippen LogP contribution in [0.4, 0.5) is 0 Å². The topological polar surface area (TPSA) is 92.2 Å². The Balaban J connectivity index is -0.0000000853. The van der Waals surface area contributed by atoms with Crippen molar-refractivity contribution in [2.75, 3.05) is 0 Å². The van der Waals surface area contributed by atoms with E-state index in [0.717, 1.165) is 0 Å². The van der Waals surface area contributed by atoms with Gasteiger partial charge in [-0.05, 0) is 0 Å². The van der Waals surface area contributed by atoms with E-state index in [0.29, 0.717) is 0 Å². The molecule has 1 saturated carbocycles. The van der Waals surface area contributed by atoms with Gasteiger partial charge in [0.25, 0.3) is 0 Å². The molecule has 1 aliphatic rings. The Hall–Kier alpha value is 1.79. The smallest absolute Gasteiger partial charge is 0.701 e. The molecule has 0 unspecified atom stereocenters. The van der Waals surface area contributed by atoms with Gasteiger partial charge in [-0.3, -0.25) is 0 Å². The molecule has 18 heteroatoms. The quantitative estimate of drug-likeness (QED) is 0.113. The Morgan fingerprint density at radius 2 is 0.757 bits per heavy atom. The number of hydrogen-bond donors (Lipinski definition) is 0. The molecule has 3 aromatic rings. The molecular formula is C52H88Ag2ClIO4Si8Ti2. The van der Waals surface area contributed by atoms with Gasteiger partial charge in [0.1, 0.15) is 0 Å². The first kappa shape index (κ1) is 91.3. The first-order chi connectivity index (χ1) is 29.7. The third-order valence-electron chi connectivity index (χ3n) is 7.61. The zero-order valence-electron chi connectivity index (χ0n) is 47.2. The van der Waals surface area contributed by atoms with Gasteiger partial charge in [0.2, 0.25) is 0 Å². The van der Waals surface area contributed by atoms with Gasteiger partial charge >= 0.3 is 102 Å². The average Bonchev–Trinajstić information content (AvgIpc) is 3.98. The zero-order chi connectivity index (χ0) is 55.0. The van der Waals surface area contributed by atoms with E-state index in [9.17, 15) is 0 Å². The van der Waals surface area contributed by atoms with E-state index in [1.165, 1.54) is 0 Å². The van der Waals surface area contributed by atoms with Crippen LogP contribution in [-0.2, 0) is 83.1 Å². The van der Waals surface area contributed by atoms with Gasteiger partial charge in [-0.1, -0.05) is 170 Å². The van der Waals surface area contributed by atoms with Crippen LogP contribution in [0.3, 0.4) is 0 Å². The minimum Gasteiger partial charge on any atom is -0.701 e. The maximum Gasteiger partial charge on any atom is 4.00 e. The van der Waals surface area contributed by atoms with Crippen LogP contribution in [0.2, 0.25) is 157 Å². The second kappa shape index (κ2) is 44.7. The average molecular weight is 1480 g/mol. The van der Waals surface area contributed by atoms with E-state index in [-0.39, 0.29) is 65.8 Å². The van der Waals surface area contributed by atoms with E-state index in [1.54, 1.807) is 21.1 Å². The monoisotopic (exact) mass is 1470 g/mol. The molecule has 396 valence electrons. The molecule has 0 aliphatic heterocycles. The molecule has 3 aromatic carbocycles. The summed E-state index contributed by atoms with van der Waals surface area (Å²) >= 11 is 4.88. The summed E-state index contributed by atoms with van der Waals surface area (Å²) in [6, 6.07) is 26.1. The first-order valence-corrected chi connectivity index (χ1v) is 55.7. The molecule has 0 aromatic heterocycles. The Labute approximate surface area is 513 Å².